The Morgan fingerprint density at radius 2 is 2.07 bits per heavy atom. The number of piperidine rings is 1. The van der Waals surface area contributed by atoms with E-state index in [0.717, 1.165) is 63.1 Å². The smallest absolute Gasteiger partial charge is 0.222 e. The number of aryl methyl sites for hydroxylation is 1. The molecule has 0 aliphatic carbocycles. The SMILES string of the molecule is COc1cccc(CCC(=O)N2CCC3(CC2)CC(OCCOC(C)C)CCO3)c1. The van der Waals surface area contributed by atoms with Crippen molar-refractivity contribution >= 4 is 5.91 Å². The Labute approximate surface area is 180 Å². The number of methoxy groups -OCH3 is 1. The second-order valence-corrected chi connectivity index (χ2v) is 8.67. The topological polar surface area (TPSA) is 57.2 Å². The van der Waals surface area contributed by atoms with Gasteiger partial charge in [0.15, 0.2) is 0 Å². The van der Waals surface area contributed by atoms with E-state index in [1.54, 1.807) is 7.11 Å². The monoisotopic (exact) mass is 419 g/mol. The predicted molar refractivity (Wildman–Crippen MR) is 116 cm³/mol. The van der Waals surface area contributed by atoms with Crippen molar-refractivity contribution in [2.75, 3.05) is 40.0 Å². The van der Waals surface area contributed by atoms with Gasteiger partial charge in [-0.3, -0.25) is 4.79 Å². The molecule has 0 N–H and O–H groups in total. The number of nitrogens with zero attached hydrogens (tertiary/aromatic N) is 1. The van der Waals surface area contributed by atoms with Gasteiger partial charge in [0.05, 0.1) is 38.1 Å². The Kier molecular flexibility index (Phi) is 8.54. The fraction of sp³-hybridized carbons (Fsp3) is 0.708. The molecule has 1 amide bonds. The van der Waals surface area contributed by atoms with Crippen molar-refractivity contribution in [3.8, 4) is 5.75 Å². The first-order valence-corrected chi connectivity index (χ1v) is 11.3. The molecule has 168 valence electrons. The average molecular weight is 420 g/mol. The molecule has 0 aromatic heterocycles. The van der Waals surface area contributed by atoms with Crippen LogP contribution in [0, 0.1) is 0 Å². The lowest BCUT2D eigenvalue weighted by molar-refractivity contribution is -0.163. The molecule has 1 atom stereocenters. The minimum atomic E-state index is -0.134. The molecule has 0 radical (unpaired) electrons. The highest BCUT2D eigenvalue weighted by Gasteiger charge is 2.41. The first kappa shape index (κ1) is 23.0. The maximum Gasteiger partial charge on any atom is 0.222 e. The molecule has 1 spiro atoms. The molecule has 6 nitrogen and oxygen atoms in total. The highest BCUT2D eigenvalue weighted by molar-refractivity contribution is 5.76. The second kappa shape index (κ2) is 11.1. The number of hydrogen-bond acceptors (Lipinski definition) is 5. The Morgan fingerprint density at radius 3 is 2.80 bits per heavy atom. The Morgan fingerprint density at radius 1 is 1.27 bits per heavy atom. The highest BCUT2D eigenvalue weighted by Crippen LogP contribution is 2.36. The van der Waals surface area contributed by atoms with Crippen LogP contribution in [0.4, 0.5) is 0 Å². The lowest BCUT2D eigenvalue weighted by atomic mass is 9.83. The van der Waals surface area contributed by atoms with Crippen LogP contribution in [0.25, 0.3) is 0 Å². The lowest BCUT2D eigenvalue weighted by Gasteiger charge is -2.46. The van der Waals surface area contributed by atoms with Gasteiger partial charge in [-0.1, -0.05) is 12.1 Å². The number of carbonyl (C=O) groups is 1. The third-order valence-electron chi connectivity index (χ3n) is 6.12. The van der Waals surface area contributed by atoms with Crippen molar-refractivity contribution in [2.45, 2.75) is 70.2 Å². The molecular formula is C24H37NO5. The summed E-state index contributed by atoms with van der Waals surface area (Å²) in [5, 5.41) is 0. The van der Waals surface area contributed by atoms with Crippen molar-refractivity contribution in [3.63, 3.8) is 0 Å². The maximum atomic E-state index is 12.7. The molecule has 2 aliphatic heterocycles. The molecule has 6 heteroatoms. The molecule has 2 heterocycles. The maximum absolute atomic E-state index is 12.7. The van der Waals surface area contributed by atoms with Gasteiger partial charge in [0, 0.05) is 32.5 Å². The van der Waals surface area contributed by atoms with Gasteiger partial charge in [-0.25, -0.2) is 0 Å². The summed E-state index contributed by atoms with van der Waals surface area (Å²) >= 11 is 0. The highest BCUT2D eigenvalue weighted by atomic mass is 16.5. The van der Waals surface area contributed by atoms with E-state index >= 15 is 0 Å². The summed E-state index contributed by atoms with van der Waals surface area (Å²) < 4.78 is 23.1. The quantitative estimate of drug-likeness (QED) is 0.573. The number of ether oxygens (including phenoxy) is 4. The number of hydrogen-bond donors (Lipinski definition) is 0. The Hall–Kier alpha value is -1.63. The normalized spacial score (nSPS) is 21.2. The zero-order valence-electron chi connectivity index (χ0n) is 18.7. The third-order valence-corrected chi connectivity index (χ3v) is 6.12. The van der Waals surface area contributed by atoms with Crippen LogP contribution in [-0.4, -0.2) is 68.6 Å². The molecular weight excluding hydrogens is 382 g/mol. The van der Waals surface area contributed by atoms with Gasteiger partial charge in [0.25, 0.3) is 0 Å². The predicted octanol–water partition coefficient (Wildman–Crippen LogP) is 3.61. The zero-order valence-corrected chi connectivity index (χ0v) is 18.7. The van der Waals surface area contributed by atoms with E-state index in [1.165, 1.54) is 0 Å². The van der Waals surface area contributed by atoms with E-state index in [-0.39, 0.29) is 23.7 Å². The van der Waals surface area contributed by atoms with Gasteiger partial charge in [0.1, 0.15) is 5.75 Å². The Bertz CT molecular complexity index is 669. The molecule has 2 fully saturated rings. The van der Waals surface area contributed by atoms with Crippen LogP contribution in [0.5, 0.6) is 5.75 Å². The third kappa shape index (κ3) is 6.69. The first-order valence-electron chi connectivity index (χ1n) is 11.3. The van der Waals surface area contributed by atoms with Crippen LogP contribution in [-0.2, 0) is 25.4 Å². The first-order chi connectivity index (χ1) is 14.5. The molecule has 1 aromatic rings. The summed E-state index contributed by atoms with van der Waals surface area (Å²) in [6, 6.07) is 7.94. The minimum Gasteiger partial charge on any atom is -0.497 e. The van der Waals surface area contributed by atoms with E-state index in [0.29, 0.717) is 19.6 Å². The van der Waals surface area contributed by atoms with Gasteiger partial charge in [-0.05, 0) is 57.2 Å². The van der Waals surface area contributed by atoms with Crippen LogP contribution in [0.2, 0.25) is 0 Å². The van der Waals surface area contributed by atoms with E-state index in [2.05, 4.69) is 0 Å². The zero-order chi connectivity index (χ0) is 21.4. The summed E-state index contributed by atoms with van der Waals surface area (Å²) in [4.78, 5) is 14.7. The summed E-state index contributed by atoms with van der Waals surface area (Å²) in [6.07, 6.45) is 5.36. The largest absolute Gasteiger partial charge is 0.497 e. The fourth-order valence-corrected chi connectivity index (χ4v) is 4.37. The van der Waals surface area contributed by atoms with Gasteiger partial charge < -0.3 is 23.8 Å². The van der Waals surface area contributed by atoms with Crippen LogP contribution in [0.3, 0.4) is 0 Å². The van der Waals surface area contributed by atoms with Gasteiger partial charge in [0.2, 0.25) is 5.91 Å². The summed E-state index contributed by atoms with van der Waals surface area (Å²) in [7, 11) is 1.66. The van der Waals surface area contributed by atoms with Crippen LogP contribution >= 0.6 is 0 Å². The van der Waals surface area contributed by atoms with Crippen molar-refractivity contribution in [3.05, 3.63) is 29.8 Å². The lowest BCUT2D eigenvalue weighted by Crippen LogP contribution is -2.52. The number of benzene rings is 1. The molecule has 0 saturated carbocycles. The minimum absolute atomic E-state index is 0.134. The van der Waals surface area contributed by atoms with Gasteiger partial charge in [-0.2, -0.15) is 0 Å². The van der Waals surface area contributed by atoms with Gasteiger partial charge >= 0.3 is 0 Å². The molecule has 1 unspecified atom stereocenters. The standard InChI is InChI=1S/C24H37NO5/c1-19(2)28-15-16-29-22-9-14-30-24(18-22)10-12-25(13-11-24)23(26)8-7-20-5-4-6-21(17-20)27-3/h4-6,17,19,22H,7-16,18H2,1-3H3. The number of rotatable bonds is 9. The molecule has 3 rings (SSSR count). The Balaban J connectivity index is 1.41. The molecule has 0 bridgehead atoms. The van der Waals surface area contributed by atoms with Crippen molar-refractivity contribution < 1.29 is 23.7 Å². The summed E-state index contributed by atoms with van der Waals surface area (Å²) in [6.45, 7) is 7.61. The van der Waals surface area contributed by atoms with Crippen molar-refractivity contribution in [2.24, 2.45) is 0 Å². The molecule has 2 saturated heterocycles. The second-order valence-electron chi connectivity index (χ2n) is 8.67. The van der Waals surface area contributed by atoms with Crippen molar-refractivity contribution in [1.29, 1.82) is 0 Å². The summed E-state index contributed by atoms with van der Waals surface area (Å²) in [5.74, 6) is 1.06. The molecule has 30 heavy (non-hydrogen) atoms. The van der Waals surface area contributed by atoms with Crippen LogP contribution < -0.4 is 4.74 Å². The van der Waals surface area contributed by atoms with Crippen LogP contribution in [0.1, 0.15) is 51.5 Å². The molecule has 1 aromatic carbocycles. The van der Waals surface area contributed by atoms with Crippen molar-refractivity contribution in [1.82, 2.24) is 4.90 Å². The van der Waals surface area contributed by atoms with Crippen LogP contribution in [0.15, 0.2) is 24.3 Å². The van der Waals surface area contributed by atoms with Gasteiger partial charge in [-0.15, -0.1) is 0 Å². The number of likely N-dealkylation sites (tertiary alicyclic amines) is 1. The summed E-state index contributed by atoms with van der Waals surface area (Å²) in [5.41, 5.74) is 0.999. The van der Waals surface area contributed by atoms with E-state index in [1.807, 2.05) is 43.0 Å². The number of amides is 1. The fourth-order valence-electron chi connectivity index (χ4n) is 4.37. The average Bonchev–Trinajstić information content (AvgIpc) is 2.76. The van der Waals surface area contributed by atoms with E-state index in [9.17, 15) is 4.79 Å². The number of carbonyl (C=O) groups excluding carboxylic acids is 1. The van der Waals surface area contributed by atoms with E-state index < -0.39 is 0 Å². The van der Waals surface area contributed by atoms with E-state index in [4.69, 9.17) is 18.9 Å². The molecule has 2 aliphatic rings.